The zero-order valence-electron chi connectivity index (χ0n) is 16.6. The van der Waals surface area contributed by atoms with E-state index >= 15 is 0 Å². The van der Waals surface area contributed by atoms with Gasteiger partial charge in [0.25, 0.3) is 17.4 Å². The minimum atomic E-state index is -0.758. The number of hydrogen-bond donors (Lipinski definition) is 3. The molecule has 0 fully saturated rings. The molecule has 3 rings (SSSR count). The van der Waals surface area contributed by atoms with Crippen LogP contribution in [0.4, 0.5) is 4.39 Å². The molecule has 30 heavy (non-hydrogen) atoms. The van der Waals surface area contributed by atoms with Gasteiger partial charge >= 0.3 is 5.69 Å². The Morgan fingerprint density at radius 1 is 1.13 bits per heavy atom. The van der Waals surface area contributed by atoms with Crippen molar-refractivity contribution in [1.29, 1.82) is 0 Å². The number of amides is 2. The van der Waals surface area contributed by atoms with Gasteiger partial charge in [-0.2, -0.15) is 0 Å². The number of carbonyl (C=O) groups is 2. The second-order valence-electron chi connectivity index (χ2n) is 6.87. The maximum Gasteiger partial charge on any atom is 0.329 e. The summed E-state index contributed by atoms with van der Waals surface area (Å²) in [6, 6.07) is 6.21. The molecule has 3 aromatic rings. The number of fused-ring (bicyclic) bond motifs is 1. The van der Waals surface area contributed by atoms with Crippen LogP contribution < -0.4 is 22.1 Å². The number of aryl methyl sites for hydroxylation is 1. The van der Waals surface area contributed by atoms with Crippen LogP contribution in [0.15, 0.2) is 39.9 Å². The number of H-pyrrole nitrogens is 1. The lowest BCUT2D eigenvalue weighted by Gasteiger charge is -2.14. The van der Waals surface area contributed by atoms with Crippen LogP contribution in [-0.4, -0.2) is 26.3 Å². The van der Waals surface area contributed by atoms with Gasteiger partial charge in [0.1, 0.15) is 5.82 Å². The first-order valence-corrected chi connectivity index (χ1v) is 9.27. The number of hydrazine groups is 1. The van der Waals surface area contributed by atoms with E-state index in [0.29, 0.717) is 5.69 Å². The van der Waals surface area contributed by atoms with Crippen molar-refractivity contribution in [3.8, 4) is 0 Å². The van der Waals surface area contributed by atoms with Crippen molar-refractivity contribution in [3.05, 3.63) is 73.8 Å². The summed E-state index contributed by atoms with van der Waals surface area (Å²) in [6.45, 7) is 5.66. The highest BCUT2D eigenvalue weighted by atomic mass is 19.1. The third-order valence-corrected chi connectivity index (χ3v) is 4.52. The fourth-order valence-corrected chi connectivity index (χ4v) is 2.92. The number of rotatable bonds is 4. The number of pyridine rings is 1. The number of nitrogens with zero attached hydrogens (tertiary/aromatic N) is 2. The van der Waals surface area contributed by atoms with Crippen LogP contribution in [0.1, 0.15) is 53.1 Å². The first kappa shape index (κ1) is 20.9. The lowest BCUT2D eigenvalue weighted by Crippen LogP contribution is -2.42. The van der Waals surface area contributed by atoms with Crippen LogP contribution in [0.5, 0.6) is 0 Å². The van der Waals surface area contributed by atoms with Crippen LogP contribution in [0, 0.1) is 5.82 Å². The van der Waals surface area contributed by atoms with Gasteiger partial charge in [0.15, 0.2) is 5.65 Å². The smallest absolute Gasteiger partial charge is 0.278 e. The standard InChI is InChI=1S/C20H20FN5O4/c1-4-26-16-15(19(29)23-20(26)30)13(9-14(22-16)10(2)3)18(28)25-24-17(27)11-5-7-12(21)8-6-11/h5-10H,4H2,1-3H3,(H,24,27)(H,25,28)(H,23,29,30). The Morgan fingerprint density at radius 3 is 2.37 bits per heavy atom. The first-order valence-electron chi connectivity index (χ1n) is 9.27. The van der Waals surface area contributed by atoms with E-state index in [1.54, 1.807) is 6.92 Å². The third-order valence-electron chi connectivity index (χ3n) is 4.52. The fourth-order valence-electron chi connectivity index (χ4n) is 2.92. The highest BCUT2D eigenvalue weighted by Crippen LogP contribution is 2.19. The lowest BCUT2D eigenvalue weighted by atomic mass is 10.0. The van der Waals surface area contributed by atoms with Gasteiger partial charge in [-0.25, -0.2) is 14.2 Å². The number of halogens is 1. The number of aromatic nitrogens is 3. The fraction of sp³-hybridized carbons (Fsp3) is 0.250. The second-order valence-corrected chi connectivity index (χ2v) is 6.87. The van der Waals surface area contributed by atoms with Crippen LogP contribution >= 0.6 is 0 Å². The van der Waals surface area contributed by atoms with Crippen molar-refractivity contribution in [3.63, 3.8) is 0 Å². The molecule has 1 aromatic carbocycles. The minimum absolute atomic E-state index is 0.0356. The molecule has 156 valence electrons. The summed E-state index contributed by atoms with van der Waals surface area (Å²) >= 11 is 0. The van der Waals surface area contributed by atoms with E-state index < -0.39 is 28.9 Å². The second kappa shape index (κ2) is 8.27. The predicted molar refractivity (Wildman–Crippen MR) is 108 cm³/mol. The van der Waals surface area contributed by atoms with Crippen molar-refractivity contribution in [1.82, 2.24) is 25.4 Å². The number of benzene rings is 1. The lowest BCUT2D eigenvalue weighted by molar-refractivity contribution is 0.0847. The van der Waals surface area contributed by atoms with Crippen molar-refractivity contribution >= 4 is 22.8 Å². The van der Waals surface area contributed by atoms with Gasteiger partial charge in [-0.15, -0.1) is 0 Å². The molecule has 2 amide bonds. The Morgan fingerprint density at radius 2 is 1.77 bits per heavy atom. The molecule has 0 spiro atoms. The normalized spacial score (nSPS) is 11.0. The topological polar surface area (TPSA) is 126 Å². The van der Waals surface area contributed by atoms with Crippen molar-refractivity contribution in [2.75, 3.05) is 0 Å². The van der Waals surface area contributed by atoms with Crippen molar-refractivity contribution in [2.24, 2.45) is 0 Å². The molecule has 0 saturated heterocycles. The maximum atomic E-state index is 13.0. The zero-order chi connectivity index (χ0) is 22.0. The van der Waals surface area contributed by atoms with Gasteiger partial charge in [0.05, 0.1) is 10.9 Å². The predicted octanol–water partition coefficient (Wildman–Crippen LogP) is 1.44. The third kappa shape index (κ3) is 3.97. The number of hydrogen-bond acceptors (Lipinski definition) is 5. The largest absolute Gasteiger partial charge is 0.329 e. The van der Waals surface area contributed by atoms with Crippen LogP contribution in [0.25, 0.3) is 11.0 Å². The molecule has 0 radical (unpaired) electrons. The molecule has 0 aliphatic rings. The van der Waals surface area contributed by atoms with Crippen molar-refractivity contribution in [2.45, 2.75) is 33.2 Å². The Bertz CT molecular complexity index is 1250. The molecule has 9 nitrogen and oxygen atoms in total. The van der Waals surface area contributed by atoms with Gasteiger partial charge in [0.2, 0.25) is 0 Å². The van der Waals surface area contributed by atoms with Crippen LogP contribution in [0.2, 0.25) is 0 Å². The molecule has 0 unspecified atom stereocenters. The Balaban J connectivity index is 2.02. The van der Waals surface area contributed by atoms with Gasteiger partial charge < -0.3 is 0 Å². The van der Waals surface area contributed by atoms with E-state index in [0.717, 1.165) is 12.1 Å². The average molecular weight is 413 g/mol. The van der Waals surface area contributed by atoms with E-state index in [9.17, 15) is 23.6 Å². The monoisotopic (exact) mass is 413 g/mol. The molecular weight excluding hydrogens is 393 g/mol. The quantitative estimate of drug-likeness (QED) is 0.558. The van der Waals surface area contributed by atoms with E-state index in [4.69, 9.17) is 0 Å². The minimum Gasteiger partial charge on any atom is -0.278 e. The van der Waals surface area contributed by atoms with Crippen LogP contribution in [0.3, 0.4) is 0 Å². The molecular formula is C20H20FN5O4. The highest BCUT2D eigenvalue weighted by Gasteiger charge is 2.20. The molecule has 2 heterocycles. The Labute approximate surface area is 169 Å². The summed E-state index contributed by atoms with van der Waals surface area (Å²) < 4.78 is 14.3. The molecule has 0 aliphatic heterocycles. The molecule has 0 bridgehead atoms. The SMILES string of the molecule is CCn1c(=O)[nH]c(=O)c2c(C(=O)NNC(=O)c3ccc(F)cc3)cc(C(C)C)nc21. The van der Waals surface area contributed by atoms with Gasteiger partial charge in [-0.1, -0.05) is 13.8 Å². The number of aromatic amines is 1. The molecule has 0 atom stereocenters. The molecule has 0 aliphatic carbocycles. The summed E-state index contributed by atoms with van der Waals surface area (Å²) in [5, 5.41) is -0.0608. The number of carbonyl (C=O) groups excluding carboxylic acids is 2. The summed E-state index contributed by atoms with van der Waals surface area (Å²) in [5.74, 6) is -2.01. The van der Waals surface area contributed by atoms with E-state index in [-0.39, 0.29) is 34.6 Å². The van der Waals surface area contributed by atoms with E-state index in [2.05, 4.69) is 20.8 Å². The average Bonchev–Trinajstić information content (AvgIpc) is 2.71. The summed E-state index contributed by atoms with van der Waals surface area (Å²) in [7, 11) is 0. The maximum absolute atomic E-state index is 13.0. The molecule has 0 saturated carbocycles. The highest BCUT2D eigenvalue weighted by molar-refractivity contribution is 6.06. The van der Waals surface area contributed by atoms with Gasteiger partial charge in [-0.3, -0.25) is 34.8 Å². The Kier molecular flexibility index (Phi) is 5.77. The van der Waals surface area contributed by atoms with Crippen LogP contribution in [-0.2, 0) is 6.54 Å². The Hall–Kier alpha value is -3.82. The van der Waals surface area contributed by atoms with E-state index in [1.807, 2.05) is 13.8 Å². The number of nitrogens with one attached hydrogen (secondary N) is 3. The zero-order valence-corrected chi connectivity index (χ0v) is 16.6. The first-order chi connectivity index (χ1) is 14.2. The molecule has 10 heteroatoms. The summed E-state index contributed by atoms with van der Waals surface area (Å²) in [6.07, 6.45) is 0. The van der Waals surface area contributed by atoms with Crippen molar-refractivity contribution < 1.29 is 14.0 Å². The van der Waals surface area contributed by atoms with Gasteiger partial charge in [-0.05, 0) is 43.2 Å². The summed E-state index contributed by atoms with van der Waals surface area (Å²) in [5.41, 5.74) is 3.79. The molecule has 3 N–H and O–H groups in total. The molecule has 2 aromatic heterocycles. The van der Waals surface area contributed by atoms with E-state index in [1.165, 1.54) is 22.8 Å². The van der Waals surface area contributed by atoms with Gasteiger partial charge in [0, 0.05) is 17.8 Å². The summed E-state index contributed by atoms with van der Waals surface area (Å²) in [4.78, 5) is 56.1.